The van der Waals surface area contributed by atoms with Crippen LogP contribution in [-0.4, -0.2) is 23.1 Å². The Labute approximate surface area is 159 Å². The number of thiazole rings is 1. The van der Waals surface area contributed by atoms with Crippen molar-refractivity contribution < 1.29 is 9.59 Å². The fourth-order valence-corrected chi connectivity index (χ4v) is 3.33. The van der Waals surface area contributed by atoms with Gasteiger partial charge in [0.1, 0.15) is 0 Å². The summed E-state index contributed by atoms with van der Waals surface area (Å²) in [6, 6.07) is 14.3. The van der Waals surface area contributed by atoms with Crippen LogP contribution in [0.15, 0.2) is 60.1 Å². The second kappa shape index (κ2) is 8.64. The molecule has 7 heteroatoms. The van der Waals surface area contributed by atoms with Crippen LogP contribution in [0.5, 0.6) is 0 Å². The summed E-state index contributed by atoms with van der Waals surface area (Å²) in [4.78, 5) is 28.4. The summed E-state index contributed by atoms with van der Waals surface area (Å²) in [6.45, 7) is 0. The zero-order valence-corrected chi connectivity index (χ0v) is 15.7. The highest BCUT2D eigenvalue weighted by Crippen LogP contribution is 2.16. The topological polar surface area (TPSA) is 71.1 Å². The minimum absolute atomic E-state index is 0.180. The third-order valence-corrected chi connectivity index (χ3v) is 4.90. The highest BCUT2D eigenvalue weighted by molar-refractivity contribution is 7.97. The van der Waals surface area contributed by atoms with Gasteiger partial charge < -0.3 is 5.32 Å². The number of carbonyl (C=O) groups is 2. The Kier molecular flexibility index (Phi) is 6.04. The molecule has 1 aromatic heterocycles. The highest BCUT2D eigenvalue weighted by atomic mass is 32.2. The number of aromatic nitrogens is 1. The molecule has 0 aliphatic heterocycles. The lowest BCUT2D eigenvalue weighted by molar-refractivity contribution is 0.102. The predicted octanol–water partition coefficient (Wildman–Crippen LogP) is 4.51. The molecule has 0 unspecified atom stereocenters. The van der Waals surface area contributed by atoms with E-state index < -0.39 is 0 Å². The molecule has 1 heterocycles. The molecule has 0 bridgehead atoms. The van der Waals surface area contributed by atoms with Crippen molar-refractivity contribution >= 4 is 45.7 Å². The van der Waals surface area contributed by atoms with Crippen molar-refractivity contribution in [2.75, 3.05) is 16.9 Å². The summed E-state index contributed by atoms with van der Waals surface area (Å²) < 4.78 is 0. The molecule has 5 nitrogen and oxygen atoms in total. The quantitative estimate of drug-likeness (QED) is 0.657. The Hall–Kier alpha value is -2.64. The molecule has 26 heavy (non-hydrogen) atoms. The van der Waals surface area contributed by atoms with Crippen LogP contribution < -0.4 is 10.6 Å². The Morgan fingerprint density at radius 2 is 1.58 bits per heavy atom. The van der Waals surface area contributed by atoms with Crippen molar-refractivity contribution in [2.45, 2.75) is 5.75 Å². The molecule has 3 rings (SSSR count). The number of rotatable bonds is 6. The van der Waals surface area contributed by atoms with E-state index in [4.69, 9.17) is 0 Å². The average molecular weight is 383 g/mol. The van der Waals surface area contributed by atoms with Gasteiger partial charge in [0.05, 0.1) is 0 Å². The van der Waals surface area contributed by atoms with E-state index in [1.807, 2.05) is 30.5 Å². The lowest BCUT2D eigenvalue weighted by Crippen LogP contribution is -2.13. The van der Waals surface area contributed by atoms with Gasteiger partial charge in [-0.2, -0.15) is 11.8 Å². The summed E-state index contributed by atoms with van der Waals surface area (Å²) in [5.41, 5.74) is 2.92. The first-order valence-corrected chi connectivity index (χ1v) is 10.1. The van der Waals surface area contributed by atoms with E-state index in [-0.39, 0.29) is 11.8 Å². The standard InChI is InChI=1S/C19H17N3O2S2/c1-25-12-13-2-4-14(5-3-13)17(23)21-16-8-6-15(7-9-16)18(24)22-19-20-10-11-26-19/h2-11H,12H2,1H3,(H,21,23)(H,20,22,24). The zero-order valence-electron chi connectivity index (χ0n) is 14.1. The lowest BCUT2D eigenvalue weighted by Gasteiger charge is -2.07. The molecule has 132 valence electrons. The molecule has 0 radical (unpaired) electrons. The van der Waals surface area contributed by atoms with Gasteiger partial charge in [0.2, 0.25) is 0 Å². The summed E-state index contributed by atoms with van der Waals surface area (Å²) in [5, 5.41) is 7.90. The van der Waals surface area contributed by atoms with Gasteiger partial charge >= 0.3 is 0 Å². The summed E-state index contributed by atoms with van der Waals surface area (Å²) in [5.74, 6) is 0.509. The first kappa shape index (κ1) is 18.2. The van der Waals surface area contributed by atoms with E-state index in [0.717, 1.165) is 5.75 Å². The number of benzene rings is 2. The maximum absolute atomic E-state index is 12.3. The van der Waals surface area contributed by atoms with Crippen molar-refractivity contribution in [1.82, 2.24) is 4.98 Å². The zero-order chi connectivity index (χ0) is 18.4. The summed E-state index contributed by atoms with van der Waals surface area (Å²) >= 11 is 3.10. The molecule has 3 aromatic rings. The molecule has 0 spiro atoms. The van der Waals surface area contributed by atoms with Gasteiger partial charge in [-0.1, -0.05) is 12.1 Å². The second-order valence-corrected chi connectivity index (χ2v) is 7.21. The largest absolute Gasteiger partial charge is 0.322 e. The van der Waals surface area contributed by atoms with Gasteiger partial charge in [-0.25, -0.2) is 4.98 Å². The van der Waals surface area contributed by atoms with Crippen molar-refractivity contribution in [1.29, 1.82) is 0 Å². The van der Waals surface area contributed by atoms with Gasteiger partial charge in [-0.15, -0.1) is 11.3 Å². The fraction of sp³-hybridized carbons (Fsp3) is 0.105. The molecule has 0 aliphatic rings. The molecule has 0 atom stereocenters. The lowest BCUT2D eigenvalue weighted by atomic mass is 10.1. The van der Waals surface area contributed by atoms with Crippen LogP contribution in [0.2, 0.25) is 0 Å². The van der Waals surface area contributed by atoms with Crippen molar-refractivity contribution in [3.05, 3.63) is 76.8 Å². The van der Waals surface area contributed by atoms with E-state index in [9.17, 15) is 9.59 Å². The number of nitrogens with one attached hydrogen (secondary N) is 2. The van der Waals surface area contributed by atoms with E-state index in [2.05, 4.69) is 15.6 Å². The van der Waals surface area contributed by atoms with Gasteiger partial charge in [-0.05, 0) is 48.2 Å². The first-order chi connectivity index (χ1) is 12.7. The molecule has 0 fully saturated rings. The number of amides is 2. The first-order valence-electron chi connectivity index (χ1n) is 7.86. The smallest absolute Gasteiger partial charge is 0.257 e. The monoisotopic (exact) mass is 383 g/mol. The highest BCUT2D eigenvalue weighted by Gasteiger charge is 2.09. The molecule has 0 aliphatic carbocycles. The minimum atomic E-state index is -0.234. The van der Waals surface area contributed by atoms with E-state index in [1.54, 1.807) is 47.6 Å². The van der Waals surface area contributed by atoms with Gasteiger partial charge in [-0.3, -0.25) is 14.9 Å². The average Bonchev–Trinajstić information content (AvgIpc) is 3.16. The third kappa shape index (κ3) is 4.71. The fourth-order valence-electron chi connectivity index (χ4n) is 2.28. The summed E-state index contributed by atoms with van der Waals surface area (Å²) in [7, 11) is 0. The molecule has 2 aromatic carbocycles. The SMILES string of the molecule is CSCc1ccc(C(=O)Nc2ccc(C(=O)Nc3nccs3)cc2)cc1. The molecular weight excluding hydrogens is 366 g/mol. The van der Waals surface area contributed by atoms with Crippen LogP contribution in [0.1, 0.15) is 26.3 Å². The molecular formula is C19H17N3O2S2. The number of carbonyl (C=O) groups excluding carboxylic acids is 2. The van der Waals surface area contributed by atoms with Crippen molar-refractivity contribution in [3.63, 3.8) is 0 Å². The number of hydrogen-bond donors (Lipinski definition) is 2. The molecule has 2 N–H and O–H groups in total. The maximum Gasteiger partial charge on any atom is 0.257 e. The summed E-state index contributed by atoms with van der Waals surface area (Å²) in [6.07, 6.45) is 3.67. The van der Waals surface area contributed by atoms with Gasteiger partial charge in [0.25, 0.3) is 11.8 Å². The van der Waals surface area contributed by atoms with Crippen LogP contribution >= 0.6 is 23.1 Å². The number of nitrogens with zero attached hydrogens (tertiary/aromatic N) is 1. The van der Waals surface area contributed by atoms with Crippen molar-refractivity contribution in [2.24, 2.45) is 0 Å². The molecule has 2 amide bonds. The van der Waals surface area contributed by atoms with E-state index in [0.29, 0.717) is 21.9 Å². The molecule has 0 saturated carbocycles. The van der Waals surface area contributed by atoms with Gasteiger partial charge in [0.15, 0.2) is 5.13 Å². The van der Waals surface area contributed by atoms with Crippen LogP contribution in [0, 0.1) is 0 Å². The molecule has 0 saturated heterocycles. The number of thioether (sulfide) groups is 1. The van der Waals surface area contributed by atoms with Crippen LogP contribution in [0.25, 0.3) is 0 Å². The Bertz CT molecular complexity index is 876. The van der Waals surface area contributed by atoms with E-state index in [1.165, 1.54) is 16.9 Å². The Balaban J connectivity index is 1.61. The minimum Gasteiger partial charge on any atom is -0.322 e. The van der Waals surface area contributed by atoms with Crippen LogP contribution in [-0.2, 0) is 5.75 Å². The van der Waals surface area contributed by atoms with Crippen molar-refractivity contribution in [3.8, 4) is 0 Å². The maximum atomic E-state index is 12.3. The predicted molar refractivity (Wildman–Crippen MR) is 108 cm³/mol. The van der Waals surface area contributed by atoms with Gasteiger partial charge in [0, 0.05) is 34.1 Å². The third-order valence-electron chi connectivity index (χ3n) is 3.58. The van der Waals surface area contributed by atoms with Crippen LogP contribution in [0.3, 0.4) is 0 Å². The number of hydrogen-bond acceptors (Lipinski definition) is 5. The Morgan fingerprint density at radius 1 is 0.962 bits per heavy atom. The number of anilines is 2. The normalized spacial score (nSPS) is 10.3. The van der Waals surface area contributed by atoms with Crippen LogP contribution in [0.4, 0.5) is 10.8 Å². The Morgan fingerprint density at radius 3 is 2.15 bits per heavy atom. The second-order valence-electron chi connectivity index (χ2n) is 5.45. The van der Waals surface area contributed by atoms with E-state index >= 15 is 0 Å².